The number of esters is 5. The van der Waals surface area contributed by atoms with Crippen molar-refractivity contribution in [3.63, 3.8) is 0 Å². The van der Waals surface area contributed by atoms with Crippen LogP contribution in [0, 0.1) is 10.8 Å². The molecular formula is C43H64O17. The van der Waals surface area contributed by atoms with Gasteiger partial charge in [0.25, 0.3) is 0 Å². The number of cyclic esters (lactones) is 1. The standard InChI is InChI=1S/C43H64O17/c1-10-11-35(47)58-39-27(18-37(49)54-9)17-30-21-33(24(2)44)57-38(50)20-28(46)19-31-22-34(55-25(3)45)41(6,7)42(51,59-31)23-32-15-26(16-36(48)53-8)14-29(56-32)12-13-40(4,5)43(39,52)60-30/h12-13,16,18,24,28-34,39,44,46,51-52H,10-11,14-15,17,19-23H2,1-9H3/b13-12-,26-16+,27-18+/t24-,28+,29+,30+,31-,32+,33-,34+,39+,42+,43-/m1/s1. The van der Waals surface area contributed by atoms with Crippen LogP contribution in [-0.4, -0.2) is 131 Å². The van der Waals surface area contributed by atoms with E-state index < -0.39 is 114 Å². The van der Waals surface area contributed by atoms with Gasteiger partial charge in [0.05, 0.1) is 62.7 Å². The largest absolute Gasteiger partial charge is 0.466 e. The molecule has 60 heavy (non-hydrogen) atoms. The molecule has 4 aliphatic rings. The predicted molar refractivity (Wildman–Crippen MR) is 210 cm³/mol. The van der Waals surface area contributed by atoms with Crippen molar-refractivity contribution >= 4 is 29.8 Å². The molecule has 0 unspecified atom stereocenters. The molecule has 0 aromatic carbocycles. The summed E-state index contributed by atoms with van der Waals surface area (Å²) in [5.41, 5.74) is -1.96. The summed E-state index contributed by atoms with van der Waals surface area (Å²) in [6.45, 7) is 11.0. The molecule has 0 spiro atoms. The van der Waals surface area contributed by atoms with Crippen molar-refractivity contribution in [1.29, 1.82) is 0 Å². The molecule has 0 aromatic heterocycles. The molecule has 6 bridgehead atoms. The molecule has 17 heteroatoms. The Labute approximate surface area is 351 Å². The van der Waals surface area contributed by atoms with Gasteiger partial charge in [0.15, 0.2) is 11.9 Å². The van der Waals surface area contributed by atoms with Crippen LogP contribution in [0.15, 0.2) is 35.5 Å². The molecule has 4 N–H and O–H groups in total. The van der Waals surface area contributed by atoms with Gasteiger partial charge in [-0.2, -0.15) is 0 Å². The van der Waals surface area contributed by atoms with Crippen molar-refractivity contribution < 1.29 is 82.3 Å². The van der Waals surface area contributed by atoms with Gasteiger partial charge >= 0.3 is 29.8 Å². The molecular weight excluding hydrogens is 788 g/mol. The summed E-state index contributed by atoms with van der Waals surface area (Å²) in [6, 6.07) is 0. The summed E-state index contributed by atoms with van der Waals surface area (Å²) < 4.78 is 46.5. The summed E-state index contributed by atoms with van der Waals surface area (Å²) in [5, 5.41) is 47.3. The number of carbonyl (C=O) groups excluding carboxylic acids is 5. The van der Waals surface area contributed by atoms with Crippen molar-refractivity contribution in [2.45, 2.75) is 179 Å². The first kappa shape index (κ1) is 49.0. The van der Waals surface area contributed by atoms with E-state index in [0.717, 1.165) is 6.08 Å². The van der Waals surface area contributed by atoms with Crippen molar-refractivity contribution in [2.24, 2.45) is 10.8 Å². The Hall–Kier alpha value is -3.71. The molecule has 0 aliphatic carbocycles. The van der Waals surface area contributed by atoms with E-state index >= 15 is 0 Å². The van der Waals surface area contributed by atoms with Crippen molar-refractivity contribution in [2.75, 3.05) is 14.2 Å². The Balaban J connectivity index is 1.89. The Kier molecular flexibility index (Phi) is 16.3. The molecule has 11 atom stereocenters. The van der Waals surface area contributed by atoms with Gasteiger partial charge in [0, 0.05) is 56.6 Å². The molecule has 17 nitrogen and oxygen atoms in total. The maximum Gasteiger partial charge on any atom is 0.330 e. The zero-order valence-corrected chi connectivity index (χ0v) is 36.2. The van der Waals surface area contributed by atoms with Gasteiger partial charge in [-0.25, -0.2) is 9.59 Å². The van der Waals surface area contributed by atoms with Gasteiger partial charge in [-0.3, -0.25) is 14.4 Å². The maximum absolute atomic E-state index is 13.4. The quantitative estimate of drug-likeness (QED) is 0.124. The van der Waals surface area contributed by atoms with Crippen LogP contribution >= 0.6 is 0 Å². The topological polar surface area (TPSA) is 240 Å². The van der Waals surface area contributed by atoms with Crippen LogP contribution in [0.1, 0.15) is 113 Å². The summed E-state index contributed by atoms with van der Waals surface area (Å²) >= 11 is 0. The van der Waals surface area contributed by atoms with Crippen LogP contribution in [-0.2, 0) is 61.9 Å². The normalized spacial score (nSPS) is 37.1. The molecule has 3 fully saturated rings. The fraction of sp³-hybridized carbons (Fsp3) is 0.744. The number of hydrogen-bond donors (Lipinski definition) is 4. The van der Waals surface area contributed by atoms with Crippen molar-refractivity contribution in [1.82, 2.24) is 0 Å². The first-order chi connectivity index (χ1) is 27.9. The predicted octanol–water partition coefficient (Wildman–Crippen LogP) is 3.17. The molecule has 4 aliphatic heterocycles. The Morgan fingerprint density at radius 3 is 2.18 bits per heavy atom. The Bertz CT molecular complexity index is 1660. The lowest BCUT2D eigenvalue weighted by molar-refractivity contribution is -0.348. The van der Waals surface area contributed by atoms with Crippen LogP contribution in [0.3, 0.4) is 0 Å². The van der Waals surface area contributed by atoms with Crippen molar-refractivity contribution in [3.05, 3.63) is 35.5 Å². The highest BCUT2D eigenvalue weighted by atomic mass is 16.7. The van der Waals surface area contributed by atoms with E-state index in [1.807, 2.05) is 0 Å². The number of fused-ring (bicyclic) bond motifs is 6. The molecule has 4 heterocycles. The van der Waals surface area contributed by atoms with Gasteiger partial charge in [-0.15, -0.1) is 0 Å². The number of ether oxygens (including phenoxy) is 8. The number of rotatable bonds is 7. The molecule has 0 radical (unpaired) electrons. The smallest absolute Gasteiger partial charge is 0.330 e. The van der Waals surface area contributed by atoms with E-state index in [2.05, 4.69) is 0 Å². The summed E-state index contributed by atoms with van der Waals surface area (Å²) in [5.74, 6) is -8.01. The van der Waals surface area contributed by atoms with Crippen LogP contribution in [0.4, 0.5) is 0 Å². The zero-order chi connectivity index (χ0) is 44.8. The van der Waals surface area contributed by atoms with Gasteiger partial charge in [0.2, 0.25) is 5.79 Å². The summed E-state index contributed by atoms with van der Waals surface area (Å²) in [6.07, 6.45) is -4.54. The summed E-state index contributed by atoms with van der Waals surface area (Å²) in [7, 11) is 2.41. The lowest BCUT2D eigenvalue weighted by Gasteiger charge is -2.53. The molecule has 4 rings (SSSR count). The van der Waals surface area contributed by atoms with Crippen LogP contribution < -0.4 is 0 Å². The minimum atomic E-state index is -2.41. The highest BCUT2D eigenvalue weighted by Gasteiger charge is 2.59. The third-order valence-corrected chi connectivity index (χ3v) is 11.9. The van der Waals surface area contributed by atoms with E-state index in [1.165, 1.54) is 34.1 Å². The molecule has 0 amide bonds. The molecule has 0 saturated carbocycles. The fourth-order valence-corrected chi connectivity index (χ4v) is 8.34. The van der Waals surface area contributed by atoms with E-state index in [4.69, 9.17) is 37.9 Å². The Morgan fingerprint density at radius 2 is 1.57 bits per heavy atom. The van der Waals surface area contributed by atoms with Crippen LogP contribution in [0.5, 0.6) is 0 Å². The number of methoxy groups -OCH3 is 2. The number of aliphatic hydroxyl groups is 4. The average Bonchev–Trinajstić information content (AvgIpc) is 3.13. The molecule has 3 saturated heterocycles. The lowest BCUT2D eigenvalue weighted by atomic mass is 9.70. The zero-order valence-electron chi connectivity index (χ0n) is 36.2. The fourth-order valence-electron chi connectivity index (χ4n) is 8.34. The van der Waals surface area contributed by atoms with E-state index in [0.29, 0.717) is 12.0 Å². The minimum absolute atomic E-state index is 0.00840. The van der Waals surface area contributed by atoms with E-state index in [9.17, 15) is 44.4 Å². The highest BCUT2D eigenvalue weighted by molar-refractivity contribution is 5.83. The number of aliphatic hydroxyl groups excluding tert-OH is 2. The second kappa shape index (κ2) is 20.0. The van der Waals surface area contributed by atoms with Crippen LogP contribution in [0.25, 0.3) is 0 Å². The summed E-state index contributed by atoms with van der Waals surface area (Å²) in [4.78, 5) is 64.1. The lowest BCUT2D eigenvalue weighted by Crippen LogP contribution is -2.62. The number of carbonyl (C=O) groups is 5. The van der Waals surface area contributed by atoms with Gasteiger partial charge in [-0.1, -0.05) is 52.3 Å². The third kappa shape index (κ3) is 11.8. The van der Waals surface area contributed by atoms with E-state index in [-0.39, 0.29) is 56.9 Å². The van der Waals surface area contributed by atoms with Crippen molar-refractivity contribution in [3.8, 4) is 0 Å². The second-order valence-electron chi connectivity index (χ2n) is 17.5. The first-order valence-electron chi connectivity index (χ1n) is 20.6. The van der Waals surface area contributed by atoms with Crippen LogP contribution in [0.2, 0.25) is 0 Å². The first-order valence-corrected chi connectivity index (χ1v) is 20.6. The minimum Gasteiger partial charge on any atom is -0.466 e. The SMILES string of the molecule is CCCC(=O)O[C@H]1/C(=C/C(=O)OC)C[C@H]2C[C@H]([C@@H](C)O)OC(=O)C[C@@H](O)C[C@@H]3C[C@H](OC(C)=O)C(C)(C)[C@](O)(C[C@@H]4C/C(=C/C(=O)OC)C[C@H](/C=C\C(C)(C)[C@]1(O)O2)O4)O3. The second-order valence-corrected chi connectivity index (χ2v) is 17.5. The number of hydrogen-bond acceptors (Lipinski definition) is 17. The van der Waals surface area contributed by atoms with Gasteiger partial charge in [0.1, 0.15) is 12.2 Å². The molecule has 338 valence electrons. The average molecular weight is 853 g/mol. The highest BCUT2D eigenvalue weighted by Crippen LogP contribution is 2.50. The third-order valence-electron chi connectivity index (χ3n) is 11.9. The van der Waals surface area contributed by atoms with E-state index in [1.54, 1.807) is 46.8 Å². The Morgan fingerprint density at radius 1 is 0.900 bits per heavy atom. The molecule has 0 aromatic rings. The van der Waals surface area contributed by atoms with Gasteiger partial charge < -0.3 is 58.3 Å². The monoisotopic (exact) mass is 852 g/mol. The maximum atomic E-state index is 13.4. The van der Waals surface area contributed by atoms with Gasteiger partial charge in [-0.05, 0) is 38.2 Å².